The van der Waals surface area contributed by atoms with Crippen molar-refractivity contribution < 1.29 is 19.4 Å². The van der Waals surface area contributed by atoms with Crippen molar-refractivity contribution in [2.75, 3.05) is 7.11 Å². The van der Waals surface area contributed by atoms with Crippen LogP contribution in [0.15, 0.2) is 0 Å². The van der Waals surface area contributed by atoms with Gasteiger partial charge < -0.3 is 9.84 Å². The van der Waals surface area contributed by atoms with Crippen molar-refractivity contribution in [2.24, 2.45) is 0 Å². The molecule has 0 aliphatic rings. The van der Waals surface area contributed by atoms with Crippen molar-refractivity contribution in [3.63, 3.8) is 0 Å². The Hall–Kier alpha value is -1.06. The van der Waals surface area contributed by atoms with Gasteiger partial charge in [-0.2, -0.15) is 0 Å². The van der Waals surface area contributed by atoms with Gasteiger partial charge in [0.25, 0.3) is 0 Å². The van der Waals surface area contributed by atoms with E-state index >= 15 is 0 Å². The van der Waals surface area contributed by atoms with Gasteiger partial charge in [-0.25, -0.2) is 0 Å². The predicted molar refractivity (Wildman–Crippen MR) is 105 cm³/mol. The highest BCUT2D eigenvalue weighted by atomic mass is 16.5. The van der Waals surface area contributed by atoms with Gasteiger partial charge in [-0.15, -0.1) is 0 Å². The fourth-order valence-corrected chi connectivity index (χ4v) is 2.65. The zero-order valence-corrected chi connectivity index (χ0v) is 17.0. The monoisotopic (exact) mass is 358 g/mol. The van der Waals surface area contributed by atoms with Crippen LogP contribution in [-0.4, -0.2) is 24.2 Å². The summed E-state index contributed by atoms with van der Waals surface area (Å²) in [5.41, 5.74) is 0. The first-order valence-corrected chi connectivity index (χ1v) is 10.3. The van der Waals surface area contributed by atoms with E-state index < -0.39 is 5.97 Å². The molecule has 25 heavy (non-hydrogen) atoms. The predicted octanol–water partition coefficient (Wildman–Crippen LogP) is 6.51. The van der Waals surface area contributed by atoms with E-state index in [-0.39, 0.29) is 5.97 Å². The highest BCUT2D eigenvalue weighted by molar-refractivity contribution is 5.66. The molecule has 0 amide bonds. The highest BCUT2D eigenvalue weighted by Crippen LogP contribution is 2.13. The molecule has 0 aliphatic heterocycles. The van der Waals surface area contributed by atoms with Gasteiger partial charge in [0, 0.05) is 13.3 Å². The molecule has 0 bridgehead atoms. The number of carbonyl (C=O) groups excluding carboxylic acids is 1. The maximum absolute atomic E-state index is 10.3. The molecule has 0 aromatic rings. The fourth-order valence-electron chi connectivity index (χ4n) is 2.65. The molecule has 0 saturated carbocycles. The maximum atomic E-state index is 10.3. The molecule has 0 aromatic carbocycles. The summed E-state index contributed by atoms with van der Waals surface area (Å²) in [6, 6.07) is 0. The topological polar surface area (TPSA) is 63.6 Å². The highest BCUT2D eigenvalue weighted by Gasteiger charge is 1.97. The molecule has 0 unspecified atom stereocenters. The number of aliphatic carboxylic acids is 1. The minimum atomic E-state index is -0.653. The summed E-state index contributed by atoms with van der Waals surface area (Å²) in [5, 5.41) is 8.52. The van der Waals surface area contributed by atoms with Gasteiger partial charge in [0.2, 0.25) is 0 Å². The molecular formula is C21H42O4. The maximum Gasteiger partial charge on any atom is 0.303 e. The molecule has 0 saturated heterocycles. The summed E-state index contributed by atoms with van der Waals surface area (Å²) in [7, 11) is 1.35. The van der Waals surface area contributed by atoms with Crippen LogP contribution in [0.2, 0.25) is 0 Å². The van der Waals surface area contributed by atoms with Gasteiger partial charge in [0.05, 0.1) is 7.11 Å². The molecule has 0 rings (SSSR count). The Bertz CT molecular complexity index is 290. The fraction of sp³-hybridized carbons (Fsp3) is 0.905. The normalized spacial score (nSPS) is 10.0. The number of carboxylic acids is 1. The van der Waals surface area contributed by atoms with E-state index in [1.807, 2.05) is 0 Å². The van der Waals surface area contributed by atoms with Crippen molar-refractivity contribution >= 4 is 11.9 Å². The lowest BCUT2D eigenvalue weighted by Crippen LogP contribution is -1.93. The molecule has 150 valence electrons. The third-order valence-electron chi connectivity index (χ3n) is 4.28. The van der Waals surface area contributed by atoms with Crippen molar-refractivity contribution in [3.05, 3.63) is 0 Å². The van der Waals surface area contributed by atoms with E-state index in [9.17, 15) is 9.59 Å². The number of esters is 1. The van der Waals surface area contributed by atoms with Crippen LogP contribution < -0.4 is 0 Å². The number of carbonyl (C=O) groups is 2. The molecule has 0 fully saturated rings. The van der Waals surface area contributed by atoms with Crippen LogP contribution in [0.1, 0.15) is 117 Å². The number of methoxy groups -OCH3 is 1. The SMILES string of the molecule is CCCCCCCCCCCCCCCCCC(=O)O.COC(C)=O. The first kappa shape index (κ1) is 26.2. The second-order valence-electron chi connectivity index (χ2n) is 6.79. The zero-order chi connectivity index (χ0) is 19.2. The Kier molecular flexibility index (Phi) is 24.0. The summed E-state index contributed by atoms with van der Waals surface area (Å²) in [4.78, 5) is 19.9. The molecule has 0 spiro atoms. The molecule has 0 aromatic heterocycles. The van der Waals surface area contributed by atoms with E-state index in [0.717, 1.165) is 12.8 Å². The average molecular weight is 359 g/mol. The molecule has 4 nitrogen and oxygen atoms in total. The van der Waals surface area contributed by atoms with Crippen LogP contribution in [0.4, 0.5) is 0 Å². The number of ether oxygens (including phenoxy) is 1. The first-order chi connectivity index (χ1) is 12.0. The largest absolute Gasteiger partial charge is 0.481 e. The van der Waals surface area contributed by atoms with Crippen molar-refractivity contribution in [1.29, 1.82) is 0 Å². The van der Waals surface area contributed by atoms with Crippen molar-refractivity contribution in [2.45, 2.75) is 117 Å². The lowest BCUT2D eigenvalue weighted by atomic mass is 10.0. The zero-order valence-electron chi connectivity index (χ0n) is 17.0. The van der Waals surface area contributed by atoms with Crippen LogP contribution >= 0.6 is 0 Å². The third kappa shape index (κ3) is 31.3. The van der Waals surface area contributed by atoms with E-state index in [0.29, 0.717) is 6.42 Å². The van der Waals surface area contributed by atoms with Crippen molar-refractivity contribution in [1.82, 2.24) is 0 Å². The summed E-state index contributed by atoms with van der Waals surface area (Å²) >= 11 is 0. The van der Waals surface area contributed by atoms with Crippen LogP contribution in [0, 0.1) is 0 Å². The summed E-state index contributed by atoms with van der Waals surface area (Å²) in [6.45, 7) is 3.63. The molecule has 0 radical (unpaired) electrons. The Labute approximate surface area is 155 Å². The number of rotatable bonds is 16. The van der Waals surface area contributed by atoms with Gasteiger partial charge in [-0.05, 0) is 6.42 Å². The summed E-state index contributed by atoms with van der Waals surface area (Å²) < 4.78 is 4.11. The van der Waals surface area contributed by atoms with Gasteiger partial charge in [0.15, 0.2) is 0 Å². The number of unbranched alkanes of at least 4 members (excludes halogenated alkanes) is 14. The number of hydrogen-bond donors (Lipinski definition) is 1. The molecule has 0 heterocycles. The molecule has 4 heteroatoms. The Morgan fingerprint density at radius 2 is 0.960 bits per heavy atom. The summed E-state index contributed by atoms with van der Waals surface area (Å²) in [6.07, 6.45) is 20.2. The minimum Gasteiger partial charge on any atom is -0.481 e. The Balaban J connectivity index is 0. The quantitative estimate of drug-likeness (QED) is 0.252. The number of carboxylic acid groups (broad SMARTS) is 1. The number of hydrogen-bond acceptors (Lipinski definition) is 3. The van der Waals surface area contributed by atoms with E-state index in [1.165, 1.54) is 97.5 Å². The Morgan fingerprint density at radius 1 is 0.680 bits per heavy atom. The lowest BCUT2D eigenvalue weighted by Gasteiger charge is -2.03. The molecular weight excluding hydrogens is 316 g/mol. The van der Waals surface area contributed by atoms with Gasteiger partial charge in [-0.1, -0.05) is 96.8 Å². The summed E-state index contributed by atoms with van der Waals surface area (Å²) in [5.74, 6) is -0.898. The van der Waals surface area contributed by atoms with Crippen LogP contribution in [-0.2, 0) is 14.3 Å². The third-order valence-corrected chi connectivity index (χ3v) is 4.28. The smallest absolute Gasteiger partial charge is 0.303 e. The van der Waals surface area contributed by atoms with Gasteiger partial charge in [0.1, 0.15) is 0 Å². The first-order valence-electron chi connectivity index (χ1n) is 10.3. The second-order valence-corrected chi connectivity index (χ2v) is 6.79. The molecule has 0 aliphatic carbocycles. The standard InChI is InChI=1S/C18H36O2.C3H6O2/c1-2-3-4-5-6-7-8-9-10-11-12-13-14-15-16-17-18(19)20;1-3(4)5-2/h2-17H2,1H3,(H,19,20);1-2H3. The van der Waals surface area contributed by atoms with E-state index in [1.54, 1.807) is 0 Å². The van der Waals surface area contributed by atoms with Crippen LogP contribution in [0.25, 0.3) is 0 Å². The van der Waals surface area contributed by atoms with Crippen LogP contribution in [0.5, 0.6) is 0 Å². The minimum absolute atomic E-state index is 0.245. The van der Waals surface area contributed by atoms with E-state index in [4.69, 9.17) is 5.11 Å². The molecule has 1 N–H and O–H groups in total. The van der Waals surface area contributed by atoms with E-state index in [2.05, 4.69) is 11.7 Å². The molecule has 0 atom stereocenters. The average Bonchev–Trinajstić information content (AvgIpc) is 2.58. The van der Waals surface area contributed by atoms with Gasteiger partial charge >= 0.3 is 11.9 Å². The Morgan fingerprint density at radius 3 is 1.20 bits per heavy atom. The second kappa shape index (κ2) is 22.9. The van der Waals surface area contributed by atoms with Crippen molar-refractivity contribution in [3.8, 4) is 0 Å². The van der Waals surface area contributed by atoms with Gasteiger partial charge in [-0.3, -0.25) is 9.59 Å². The lowest BCUT2D eigenvalue weighted by molar-refractivity contribution is -0.138. The van der Waals surface area contributed by atoms with Crippen LogP contribution in [0.3, 0.4) is 0 Å².